The highest BCUT2D eigenvalue weighted by atomic mass is 15.3. The van der Waals surface area contributed by atoms with Crippen LogP contribution in [0.25, 0.3) is 0 Å². The number of hydrogen-bond acceptors (Lipinski definition) is 3. The fraction of sp³-hybridized carbons (Fsp3) is 1.00. The Labute approximate surface area is 125 Å². The van der Waals surface area contributed by atoms with Crippen molar-refractivity contribution < 1.29 is 0 Å². The Balaban J connectivity index is 1.51. The van der Waals surface area contributed by atoms with Crippen LogP contribution < -0.4 is 5.32 Å². The van der Waals surface area contributed by atoms with Crippen LogP contribution in [0.15, 0.2) is 0 Å². The summed E-state index contributed by atoms with van der Waals surface area (Å²) in [4.78, 5) is 5.51. The van der Waals surface area contributed by atoms with Crippen molar-refractivity contribution in [1.82, 2.24) is 15.1 Å². The molecule has 3 rings (SSSR count). The Morgan fingerprint density at radius 3 is 2.60 bits per heavy atom. The highest BCUT2D eigenvalue weighted by molar-refractivity contribution is 4.91. The van der Waals surface area contributed by atoms with Gasteiger partial charge in [0.25, 0.3) is 0 Å². The molecule has 1 aliphatic carbocycles. The predicted molar refractivity (Wildman–Crippen MR) is 85.1 cm³/mol. The number of fused-ring (bicyclic) bond motifs is 1. The summed E-state index contributed by atoms with van der Waals surface area (Å²) in [6.45, 7) is 6.68. The van der Waals surface area contributed by atoms with Crippen LogP contribution in [-0.2, 0) is 0 Å². The highest BCUT2D eigenvalue weighted by Crippen LogP contribution is 2.31. The van der Waals surface area contributed by atoms with E-state index in [1.807, 2.05) is 0 Å². The molecule has 1 saturated carbocycles. The zero-order valence-electron chi connectivity index (χ0n) is 13.4. The first-order valence-corrected chi connectivity index (χ1v) is 8.97. The van der Waals surface area contributed by atoms with E-state index < -0.39 is 0 Å². The van der Waals surface area contributed by atoms with Gasteiger partial charge >= 0.3 is 0 Å². The van der Waals surface area contributed by atoms with Crippen LogP contribution in [0.3, 0.4) is 0 Å². The van der Waals surface area contributed by atoms with Crippen LogP contribution >= 0.6 is 0 Å². The second kappa shape index (κ2) is 6.76. The van der Waals surface area contributed by atoms with Gasteiger partial charge in [0, 0.05) is 18.1 Å². The Hall–Kier alpha value is -0.120. The lowest BCUT2D eigenvalue weighted by atomic mass is 9.79. The summed E-state index contributed by atoms with van der Waals surface area (Å²) in [6.07, 6.45) is 12.7. The minimum atomic E-state index is 0.458. The van der Waals surface area contributed by atoms with E-state index in [9.17, 15) is 0 Å². The van der Waals surface area contributed by atoms with Crippen molar-refractivity contribution in [3.63, 3.8) is 0 Å². The van der Waals surface area contributed by atoms with E-state index >= 15 is 0 Å². The van der Waals surface area contributed by atoms with Crippen LogP contribution in [-0.4, -0.2) is 61.2 Å². The third-order valence-electron chi connectivity index (χ3n) is 6.14. The Morgan fingerprint density at radius 2 is 1.80 bits per heavy atom. The van der Waals surface area contributed by atoms with Crippen LogP contribution in [0.1, 0.15) is 57.8 Å². The fourth-order valence-corrected chi connectivity index (χ4v) is 4.71. The summed E-state index contributed by atoms with van der Waals surface area (Å²) in [5.74, 6) is 0. The molecule has 2 aliphatic heterocycles. The Bertz CT molecular complexity index is 299. The summed E-state index contributed by atoms with van der Waals surface area (Å²) < 4.78 is 0. The van der Waals surface area contributed by atoms with Gasteiger partial charge in [-0.15, -0.1) is 0 Å². The van der Waals surface area contributed by atoms with Crippen molar-refractivity contribution in [2.45, 2.75) is 69.4 Å². The summed E-state index contributed by atoms with van der Waals surface area (Å²) in [5, 5.41) is 3.68. The van der Waals surface area contributed by atoms with Crippen molar-refractivity contribution in [3.8, 4) is 0 Å². The van der Waals surface area contributed by atoms with Gasteiger partial charge in [-0.3, -0.25) is 4.90 Å². The first kappa shape index (κ1) is 14.8. The van der Waals surface area contributed by atoms with Crippen molar-refractivity contribution in [2.24, 2.45) is 0 Å². The second-order valence-corrected chi connectivity index (χ2v) is 7.33. The molecule has 3 fully saturated rings. The molecule has 116 valence electrons. The summed E-state index contributed by atoms with van der Waals surface area (Å²) >= 11 is 0. The van der Waals surface area contributed by atoms with Gasteiger partial charge in [0.1, 0.15) is 0 Å². The normalized spacial score (nSPS) is 31.9. The lowest BCUT2D eigenvalue weighted by Gasteiger charge is -2.39. The first-order chi connectivity index (χ1) is 9.81. The maximum Gasteiger partial charge on any atom is 0.0223 e. The van der Waals surface area contributed by atoms with E-state index in [1.54, 1.807) is 0 Å². The van der Waals surface area contributed by atoms with Gasteiger partial charge in [0.2, 0.25) is 0 Å². The maximum atomic E-state index is 3.68. The van der Waals surface area contributed by atoms with Gasteiger partial charge in [-0.1, -0.05) is 19.3 Å². The number of nitrogens with one attached hydrogen (secondary N) is 1. The number of rotatable bonds is 4. The van der Waals surface area contributed by atoms with Crippen LogP contribution in [0.4, 0.5) is 0 Å². The van der Waals surface area contributed by atoms with E-state index in [1.165, 1.54) is 90.5 Å². The average molecular weight is 279 g/mol. The molecule has 0 spiro atoms. The Morgan fingerprint density at radius 1 is 1.00 bits per heavy atom. The first-order valence-electron chi connectivity index (χ1n) is 8.97. The van der Waals surface area contributed by atoms with Gasteiger partial charge in [-0.2, -0.15) is 0 Å². The van der Waals surface area contributed by atoms with Gasteiger partial charge in [-0.25, -0.2) is 0 Å². The SMILES string of the molecule is CNC1(CCN2CCCN3CCCC3C2)CCCCC1. The van der Waals surface area contributed by atoms with E-state index in [4.69, 9.17) is 0 Å². The second-order valence-electron chi connectivity index (χ2n) is 7.33. The third kappa shape index (κ3) is 3.37. The molecule has 1 atom stereocenters. The van der Waals surface area contributed by atoms with Gasteiger partial charge in [0.15, 0.2) is 0 Å². The largest absolute Gasteiger partial charge is 0.314 e. The monoisotopic (exact) mass is 279 g/mol. The molecule has 0 aromatic rings. The molecule has 1 unspecified atom stereocenters. The number of nitrogens with zero attached hydrogens (tertiary/aromatic N) is 2. The van der Waals surface area contributed by atoms with Gasteiger partial charge < -0.3 is 10.2 Å². The molecule has 1 N–H and O–H groups in total. The van der Waals surface area contributed by atoms with Crippen molar-refractivity contribution >= 4 is 0 Å². The highest BCUT2D eigenvalue weighted by Gasteiger charge is 2.32. The topological polar surface area (TPSA) is 18.5 Å². The third-order valence-corrected chi connectivity index (χ3v) is 6.14. The number of hydrogen-bond donors (Lipinski definition) is 1. The molecule has 0 radical (unpaired) electrons. The average Bonchev–Trinajstić information content (AvgIpc) is 2.84. The molecular weight excluding hydrogens is 246 g/mol. The van der Waals surface area contributed by atoms with Gasteiger partial charge in [0.05, 0.1) is 0 Å². The van der Waals surface area contributed by atoms with Crippen LogP contribution in [0.2, 0.25) is 0 Å². The van der Waals surface area contributed by atoms with Crippen LogP contribution in [0.5, 0.6) is 0 Å². The quantitative estimate of drug-likeness (QED) is 0.853. The van der Waals surface area contributed by atoms with E-state index in [0.29, 0.717) is 5.54 Å². The van der Waals surface area contributed by atoms with E-state index in [-0.39, 0.29) is 0 Å². The van der Waals surface area contributed by atoms with Crippen LogP contribution in [0, 0.1) is 0 Å². The minimum absolute atomic E-state index is 0.458. The predicted octanol–water partition coefficient (Wildman–Crippen LogP) is 2.47. The maximum absolute atomic E-state index is 3.68. The standard InChI is InChI=1S/C17H33N3/c1-18-17(8-3-2-4-9-17)10-14-19-11-6-13-20-12-5-7-16(20)15-19/h16,18H,2-15H2,1H3. The molecule has 0 bridgehead atoms. The molecule has 3 aliphatic rings. The van der Waals surface area contributed by atoms with E-state index in [2.05, 4.69) is 22.2 Å². The molecule has 20 heavy (non-hydrogen) atoms. The zero-order chi connectivity index (χ0) is 13.8. The van der Waals surface area contributed by atoms with Gasteiger partial charge in [-0.05, 0) is 71.8 Å². The molecule has 0 aromatic heterocycles. The fourth-order valence-electron chi connectivity index (χ4n) is 4.71. The Kier molecular flexibility index (Phi) is 5.00. The zero-order valence-corrected chi connectivity index (χ0v) is 13.4. The molecule has 3 heteroatoms. The molecule has 0 aromatic carbocycles. The molecule has 2 saturated heterocycles. The van der Waals surface area contributed by atoms with Crippen molar-refractivity contribution in [2.75, 3.05) is 39.8 Å². The summed E-state index contributed by atoms with van der Waals surface area (Å²) in [7, 11) is 2.19. The smallest absolute Gasteiger partial charge is 0.0223 e. The summed E-state index contributed by atoms with van der Waals surface area (Å²) in [5.41, 5.74) is 0.458. The molecule has 3 nitrogen and oxygen atoms in total. The lowest BCUT2D eigenvalue weighted by molar-refractivity contribution is 0.171. The van der Waals surface area contributed by atoms with Crippen molar-refractivity contribution in [1.29, 1.82) is 0 Å². The molecular formula is C17H33N3. The van der Waals surface area contributed by atoms with Crippen molar-refractivity contribution in [3.05, 3.63) is 0 Å². The lowest BCUT2D eigenvalue weighted by Crippen LogP contribution is -2.47. The molecule has 0 amide bonds. The summed E-state index contributed by atoms with van der Waals surface area (Å²) in [6, 6.07) is 0.870. The minimum Gasteiger partial charge on any atom is -0.314 e. The van der Waals surface area contributed by atoms with E-state index in [0.717, 1.165) is 6.04 Å². The molecule has 2 heterocycles.